The Morgan fingerprint density at radius 1 is 0.439 bits per heavy atom. The van der Waals surface area contributed by atoms with Crippen molar-refractivity contribution in [1.29, 1.82) is 0 Å². The highest BCUT2D eigenvalue weighted by Gasteiger charge is 2.61. The van der Waals surface area contributed by atoms with Crippen LogP contribution in [0.3, 0.4) is 0 Å². The van der Waals surface area contributed by atoms with Crippen molar-refractivity contribution in [3.05, 3.63) is 198 Å². The molecule has 7 aliphatic rings. The molecule has 0 amide bonds. The minimum atomic E-state index is -0.389. The fraction of sp³-hybridized carbons (Fsp3) is 0.250. The monoisotopic (exact) mass is 856 g/mol. The molecule has 1 heterocycles. The van der Waals surface area contributed by atoms with Crippen LogP contribution in [0.4, 0.5) is 17.1 Å². The molecule has 0 saturated heterocycles. The Morgan fingerprint density at radius 3 is 1.77 bits per heavy atom. The zero-order valence-corrected chi connectivity index (χ0v) is 37.1. The van der Waals surface area contributed by atoms with Gasteiger partial charge in [0.1, 0.15) is 11.2 Å². The third kappa shape index (κ3) is 5.19. The van der Waals surface area contributed by atoms with Gasteiger partial charge in [-0.05, 0) is 196 Å². The van der Waals surface area contributed by atoms with Crippen LogP contribution in [0.5, 0.6) is 0 Å². The summed E-state index contributed by atoms with van der Waals surface area (Å²) >= 11 is 0. The van der Waals surface area contributed by atoms with Gasteiger partial charge in [-0.3, -0.25) is 0 Å². The summed E-state index contributed by atoms with van der Waals surface area (Å²) in [7, 11) is 0. The summed E-state index contributed by atoms with van der Waals surface area (Å²) in [5, 5.41) is 2.12. The fourth-order valence-electron chi connectivity index (χ4n) is 15.3. The van der Waals surface area contributed by atoms with E-state index in [2.05, 4.69) is 126 Å². The number of nitrogens with zero attached hydrogens (tertiary/aromatic N) is 1. The van der Waals surface area contributed by atoms with E-state index in [4.69, 9.17) is 11.3 Å². The van der Waals surface area contributed by atoms with Crippen LogP contribution in [-0.2, 0) is 10.8 Å². The molecule has 2 nitrogen and oxygen atoms in total. The second-order valence-corrected chi connectivity index (χ2v) is 20.8. The molecule has 0 aliphatic heterocycles. The standard InChI is InChI=1S/C64H53NO/c1-3-11-42(12-4-1)43-17-21-48(22-18-43)65(50-23-26-53-51-13-5-7-15-57(51)63(59(53)39-50)29-9-2-10-30-63)49-24-28-62-56(38-49)55-36-44(20-27-61(55)66-62)45-19-25-54-52-14-6-8-16-58(52)64(60(54)37-45)46-32-40-31-41(34-46)35-47(64)33-40/h1,3-8,11-28,36-41,46-47H,2,9-10,29-35H2/i1D,3D,4D,11D,12D. The summed E-state index contributed by atoms with van der Waals surface area (Å²) in [6, 6.07) is 52.3. The molecule has 2 spiro atoms. The molecule has 5 saturated carbocycles. The number of furan rings is 1. The Hall–Kier alpha value is -6.64. The van der Waals surface area contributed by atoms with Crippen molar-refractivity contribution in [2.45, 2.75) is 75.0 Å². The number of benzene rings is 8. The molecular formula is C64H53NO. The first-order valence-corrected chi connectivity index (χ1v) is 24.6. The number of anilines is 3. The lowest BCUT2D eigenvalue weighted by Crippen LogP contribution is -2.55. The highest BCUT2D eigenvalue weighted by molar-refractivity contribution is 6.08. The smallest absolute Gasteiger partial charge is 0.135 e. The van der Waals surface area contributed by atoms with E-state index in [0.29, 0.717) is 17.4 Å². The molecule has 8 aromatic carbocycles. The van der Waals surface area contributed by atoms with Crippen LogP contribution in [0.2, 0.25) is 0 Å². The van der Waals surface area contributed by atoms with Crippen LogP contribution in [0.15, 0.2) is 180 Å². The Labute approximate surface area is 395 Å². The lowest BCUT2D eigenvalue weighted by atomic mass is 9.43. The zero-order valence-electron chi connectivity index (χ0n) is 42.1. The van der Waals surface area contributed by atoms with Crippen molar-refractivity contribution in [3.63, 3.8) is 0 Å². The number of fused-ring (bicyclic) bond motifs is 11. The van der Waals surface area contributed by atoms with Gasteiger partial charge in [0, 0.05) is 38.7 Å². The first kappa shape index (κ1) is 32.9. The van der Waals surface area contributed by atoms with E-state index < -0.39 is 0 Å². The molecular weight excluding hydrogens is 799 g/mol. The average molecular weight is 857 g/mol. The van der Waals surface area contributed by atoms with Gasteiger partial charge in [0.25, 0.3) is 0 Å². The SMILES string of the molecule is [2H]c1c([2H])c([2H])c(-c2ccc(N(c3ccc4c(c3)C3(CCCCC3)c3ccccc3-4)c3ccc4oc5ccc(-c6ccc7c(c6)C6(c8ccccc8-7)C7CC8CC(C7)CC6C8)cc5c4c3)cc2)c([2H])c1[2H]. The van der Waals surface area contributed by atoms with E-state index in [1.807, 2.05) is 24.3 Å². The predicted molar refractivity (Wildman–Crippen MR) is 272 cm³/mol. The van der Waals surface area contributed by atoms with Gasteiger partial charge in [-0.25, -0.2) is 0 Å². The Balaban J connectivity index is 0.874. The third-order valence-corrected chi connectivity index (χ3v) is 17.7. The average Bonchev–Trinajstić information content (AvgIpc) is 4.01. The topological polar surface area (TPSA) is 16.4 Å². The summed E-state index contributed by atoms with van der Waals surface area (Å²) in [6.07, 6.45) is 12.8. The number of hydrogen-bond acceptors (Lipinski definition) is 2. The van der Waals surface area contributed by atoms with Gasteiger partial charge in [-0.1, -0.05) is 134 Å². The Morgan fingerprint density at radius 2 is 1.00 bits per heavy atom. The first-order valence-electron chi connectivity index (χ1n) is 27.1. The van der Waals surface area contributed by atoms with Gasteiger partial charge in [-0.2, -0.15) is 0 Å². The van der Waals surface area contributed by atoms with Crippen LogP contribution in [0.1, 0.15) is 93.3 Å². The van der Waals surface area contributed by atoms with Crippen LogP contribution in [-0.4, -0.2) is 0 Å². The molecule has 5 fully saturated rings. The van der Waals surface area contributed by atoms with Crippen molar-refractivity contribution in [3.8, 4) is 44.5 Å². The maximum Gasteiger partial charge on any atom is 0.135 e. The molecule has 7 aliphatic carbocycles. The van der Waals surface area contributed by atoms with E-state index >= 15 is 0 Å². The minimum Gasteiger partial charge on any atom is -0.456 e. The van der Waals surface area contributed by atoms with Gasteiger partial charge in [0.2, 0.25) is 0 Å². The van der Waals surface area contributed by atoms with Crippen LogP contribution in [0.25, 0.3) is 66.4 Å². The number of rotatable bonds is 5. The van der Waals surface area contributed by atoms with Gasteiger partial charge < -0.3 is 9.32 Å². The van der Waals surface area contributed by atoms with E-state index in [1.165, 1.54) is 95.9 Å². The molecule has 4 bridgehead atoms. The van der Waals surface area contributed by atoms with Crippen molar-refractivity contribution in [1.82, 2.24) is 0 Å². The van der Waals surface area contributed by atoms with Crippen molar-refractivity contribution in [2.24, 2.45) is 23.7 Å². The maximum atomic E-state index is 8.75. The summed E-state index contributed by atoms with van der Waals surface area (Å²) in [5.74, 6) is 3.20. The molecule has 320 valence electrons. The lowest BCUT2D eigenvalue weighted by Gasteiger charge is -2.61. The molecule has 0 radical (unpaired) electrons. The summed E-state index contributed by atoms with van der Waals surface area (Å²) < 4.78 is 49.1. The van der Waals surface area contributed by atoms with Gasteiger partial charge in [-0.15, -0.1) is 0 Å². The second kappa shape index (κ2) is 13.9. The molecule has 0 atom stereocenters. The molecule has 0 unspecified atom stereocenters. The van der Waals surface area contributed by atoms with E-state index in [1.54, 1.807) is 11.1 Å². The quantitative estimate of drug-likeness (QED) is 0.171. The van der Waals surface area contributed by atoms with Crippen molar-refractivity contribution >= 4 is 39.0 Å². The maximum absolute atomic E-state index is 8.75. The fourth-order valence-corrected chi connectivity index (χ4v) is 15.3. The predicted octanol–water partition coefficient (Wildman–Crippen LogP) is 17.3. The van der Waals surface area contributed by atoms with Crippen molar-refractivity contribution < 1.29 is 11.3 Å². The summed E-state index contributed by atoms with van der Waals surface area (Å²) in [4.78, 5) is 2.32. The van der Waals surface area contributed by atoms with Crippen LogP contribution >= 0.6 is 0 Å². The third-order valence-electron chi connectivity index (χ3n) is 17.7. The zero-order chi connectivity index (χ0) is 47.5. The van der Waals surface area contributed by atoms with E-state index in [0.717, 1.165) is 63.7 Å². The highest BCUT2D eigenvalue weighted by Crippen LogP contribution is 2.69. The number of hydrogen-bond donors (Lipinski definition) is 0. The van der Waals surface area contributed by atoms with Crippen molar-refractivity contribution in [2.75, 3.05) is 4.90 Å². The van der Waals surface area contributed by atoms with Crippen LogP contribution in [0, 0.1) is 23.7 Å². The largest absolute Gasteiger partial charge is 0.456 e. The highest BCUT2D eigenvalue weighted by atomic mass is 16.3. The van der Waals surface area contributed by atoms with Gasteiger partial charge in [0.15, 0.2) is 0 Å². The Kier molecular flexibility index (Phi) is 6.95. The Bertz CT molecular complexity index is 3670. The van der Waals surface area contributed by atoms with Crippen LogP contribution < -0.4 is 4.90 Å². The van der Waals surface area contributed by atoms with E-state index in [9.17, 15) is 0 Å². The second-order valence-electron chi connectivity index (χ2n) is 20.8. The molecule has 0 N–H and O–H groups in total. The minimum absolute atomic E-state index is 0.0338. The molecule has 66 heavy (non-hydrogen) atoms. The molecule has 2 heteroatoms. The first-order chi connectivity index (χ1) is 34.7. The molecule has 9 aromatic rings. The van der Waals surface area contributed by atoms with E-state index in [-0.39, 0.29) is 46.6 Å². The lowest BCUT2D eigenvalue weighted by molar-refractivity contribution is -0.0399. The molecule has 16 rings (SSSR count). The van der Waals surface area contributed by atoms with Gasteiger partial charge in [0.05, 0.1) is 6.85 Å². The normalized spacial score (nSPS) is 24.7. The summed E-state index contributed by atoms with van der Waals surface area (Å²) in [6.45, 7) is 0. The van der Waals surface area contributed by atoms with Gasteiger partial charge >= 0.3 is 0 Å². The summed E-state index contributed by atoms with van der Waals surface area (Å²) in [5.41, 5.74) is 19.4. The molecule has 1 aromatic heterocycles.